The van der Waals surface area contributed by atoms with Crippen LogP contribution < -0.4 is 5.32 Å². The molecular formula is C13H16BrN3S. The summed E-state index contributed by atoms with van der Waals surface area (Å²) in [6, 6.07) is 2.78. The van der Waals surface area contributed by atoms with Gasteiger partial charge >= 0.3 is 0 Å². The number of imidazole rings is 1. The van der Waals surface area contributed by atoms with E-state index in [1.807, 2.05) is 12.4 Å². The molecule has 96 valence electrons. The number of nitrogens with zero attached hydrogens (tertiary/aromatic N) is 2. The normalized spacial score (nSPS) is 16.3. The molecule has 0 aliphatic heterocycles. The Morgan fingerprint density at radius 3 is 3.00 bits per heavy atom. The molecule has 0 aromatic carbocycles. The van der Waals surface area contributed by atoms with Crippen LogP contribution in [0.2, 0.25) is 0 Å². The predicted octanol–water partition coefficient (Wildman–Crippen LogP) is 4.11. The van der Waals surface area contributed by atoms with Crippen LogP contribution in [0.1, 0.15) is 30.6 Å². The highest BCUT2D eigenvalue weighted by atomic mass is 79.9. The fourth-order valence-electron chi connectivity index (χ4n) is 2.43. The Kier molecular flexibility index (Phi) is 3.70. The van der Waals surface area contributed by atoms with Gasteiger partial charge in [0.2, 0.25) is 5.95 Å². The number of rotatable bonds is 4. The molecule has 0 bridgehead atoms. The van der Waals surface area contributed by atoms with E-state index in [1.54, 1.807) is 11.3 Å². The molecule has 5 heteroatoms. The molecule has 3 nitrogen and oxygen atoms in total. The molecular weight excluding hydrogens is 310 g/mol. The summed E-state index contributed by atoms with van der Waals surface area (Å²) in [6.07, 6.45) is 9.16. The van der Waals surface area contributed by atoms with Gasteiger partial charge in [0.25, 0.3) is 0 Å². The number of hydrogen-bond acceptors (Lipinski definition) is 3. The molecule has 0 radical (unpaired) electrons. The smallest absolute Gasteiger partial charge is 0.203 e. The van der Waals surface area contributed by atoms with Crippen molar-refractivity contribution in [2.45, 2.75) is 38.3 Å². The van der Waals surface area contributed by atoms with Crippen LogP contribution >= 0.6 is 27.3 Å². The monoisotopic (exact) mass is 325 g/mol. The molecule has 0 saturated heterocycles. The quantitative estimate of drug-likeness (QED) is 0.916. The number of thiophene rings is 1. The van der Waals surface area contributed by atoms with Crippen molar-refractivity contribution in [2.24, 2.45) is 0 Å². The number of hydrogen-bond donors (Lipinski definition) is 1. The molecule has 1 N–H and O–H groups in total. The topological polar surface area (TPSA) is 29.9 Å². The van der Waals surface area contributed by atoms with Gasteiger partial charge in [-0.05, 0) is 34.8 Å². The highest BCUT2D eigenvalue weighted by Gasteiger charge is 2.16. The van der Waals surface area contributed by atoms with Crippen LogP contribution in [0.4, 0.5) is 5.95 Å². The van der Waals surface area contributed by atoms with Crippen molar-refractivity contribution >= 4 is 33.2 Å². The molecule has 0 amide bonds. The summed E-state index contributed by atoms with van der Waals surface area (Å²) in [5, 5.41) is 5.68. The molecule has 2 heterocycles. The van der Waals surface area contributed by atoms with E-state index in [0.29, 0.717) is 6.04 Å². The number of halogens is 1. The zero-order valence-electron chi connectivity index (χ0n) is 10.1. The number of anilines is 1. The van der Waals surface area contributed by atoms with Crippen LogP contribution in [0, 0.1) is 0 Å². The van der Waals surface area contributed by atoms with E-state index < -0.39 is 0 Å². The molecule has 1 aliphatic rings. The van der Waals surface area contributed by atoms with Crippen molar-refractivity contribution in [2.75, 3.05) is 5.32 Å². The lowest BCUT2D eigenvalue weighted by Gasteiger charge is -2.14. The number of nitrogens with one attached hydrogen (secondary N) is 1. The van der Waals surface area contributed by atoms with Gasteiger partial charge in [0, 0.05) is 33.2 Å². The highest BCUT2D eigenvalue weighted by molar-refractivity contribution is 9.10. The molecule has 0 unspecified atom stereocenters. The van der Waals surface area contributed by atoms with Crippen LogP contribution in [-0.2, 0) is 6.54 Å². The van der Waals surface area contributed by atoms with Crippen LogP contribution in [0.15, 0.2) is 28.3 Å². The van der Waals surface area contributed by atoms with E-state index in [9.17, 15) is 0 Å². The third-order valence-corrected chi connectivity index (χ3v) is 5.03. The number of aromatic nitrogens is 2. The standard InChI is InChI=1S/C13H16BrN3S/c14-10-7-12(18-9-10)8-17-6-5-15-13(17)16-11-3-1-2-4-11/h5-7,9,11H,1-4,8H2,(H,15,16). The lowest BCUT2D eigenvalue weighted by molar-refractivity contribution is 0.719. The summed E-state index contributed by atoms with van der Waals surface area (Å²) in [6.45, 7) is 0.894. The van der Waals surface area contributed by atoms with E-state index in [-0.39, 0.29) is 0 Å². The highest BCUT2D eigenvalue weighted by Crippen LogP contribution is 2.24. The van der Waals surface area contributed by atoms with Gasteiger partial charge < -0.3 is 9.88 Å². The Labute approximate surface area is 119 Å². The predicted molar refractivity (Wildman–Crippen MR) is 79.2 cm³/mol. The van der Waals surface area contributed by atoms with E-state index in [4.69, 9.17) is 0 Å². The van der Waals surface area contributed by atoms with E-state index in [2.05, 4.69) is 42.2 Å². The Bertz CT molecular complexity index is 514. The molecule has 3 rings (SSSR count). The molecule has 18 heavy (non-hydrogen) atoms. The zero-order chi connectivity index (χ0) is 12.4. The Morgan fingerprint density at radius 1 is 1.44 bits per heavy atom. The summed E-state index contributed by atoms with van der Waals surface area (Å²) < 4.78 is 3.35. The molecule has 2 aromatic rings. The first-order valence-electron chi connectivity index (χ1n) is 6.32. The zero-order valence-corrected chi connectivity index (χ0v) is 12.5. The summed E-state index contributed by atoms with van der Waals surface area (Å²) >= 11 is 5.27. The van der Waals surface area contributed by atoms with E-state index >= 15 is 0 Å². The van der Waals surface area contributed by atoms with Crippen molar-refractivity contribution in [1.82, 2.24) is 9.55 Å². The second-order valence-electron chi connectivity index (χ2n) is 4.74. The summed E-state index contributed by atoms with van der Waals surface area (Å²) in [5.41, 5.74) is 0. The third-order valence-electron chi connectivity index (χ3n) is 3.35. The fraction of sp³-hybridized carbons (Fsp3) is 0.462. The maximum Gasteiger partial charge on any atom is 0.203 e. The molecule has 1 saturated carbocycles. The van der Waals surface area contributed by atoms with E-state index in [0.717, 1.165) is 17.0 Å². The van der Waals surface area contributed by atoms with Crippen molar-refractivity contribution in [3.63, 3.8) is 0 Å². The molecule has 0 atom stereocenters. The lowest BCUT2D eigenvalue weighted by Crippen LogP contribution is -2.18. The van der Waals surface area contributed by atoms with Gasteiger partial charge in [-0.1, -0.05) is 12.8 Å². The lowest BCUT2D eigenvalue weighted by atomic mass is 10.2. The van der Waals surface area contributed by atoms with Crippen molar-refractivity contribution < 1.29 is 0 Å². The van der Waals surface area contributed by atoms with Gasteiger partial charge in [0.05, 0.1) is 6.54 Å². The largest absolute Gasteiger partial charge is 0.353 e. The van der Waals surface area contributed by atoms with Crippen LogP contribution in [-0.4, -0.2) is 15.6 Å². The second kappa shape index (κ2) is 5.45. The first-order valence-corrected chi connectivity index (χ1v) is 7.99. The minimum Gasteiger partial charge on any atom is -0.353 e. The van der Waals surface area contributed by atoms with Crippen LogP contribution in [0.5, 0.6) is 0 Å². The SMILES string of the molecule is Brc1csc(Cn2ccnc2NC2CCCC2)c1. The first-order chi connectivity index (χ1) is 8.81. The maximum absolute atomic E-state index is 4.43. The minimum absolute atomic E-state index is 0.612. The van der Waals surface area contributed by atoms with Crippen molar-refractivity contribution in [1.29, 1.82) is 0 Å². The summed E-state index contributed by atoms with van der Waals surface area (Å²) in [5.74, 6) is 1.01. The molecule has 1 aliphatic carbocycles. The van der Waals surface area contributed by atoms with Gasteiger partial charge in [-0.2, -0.15) is 0 Å². The molecule has 0 spiro atoms. The second-order valence-corrected chi connectivity index (χ2v) is 6.65. The average molecular weight is 326 g/mol. The minimum atomic E-state index is 0.612. The van der Waals surface area contributed by atoms with Gasteiger partial charge in [-0.25, -0.2) is 4.98 Å². The third kappa shape index (κ3) is 2.78. The van der Waals surface area contributed by atoms with Gasteiger partial charge in [-0.15, -0.1) is 11.3 Å². The first kappa shape index (κ1) is 12.2. The average Bonchev–Trinajstić information content (AvgIpc) is 3.05. The fourth-order valence-corrected chi connectivity index (χ4v) is 3.88. The summed E-state index contributed by atoms with van der Waals surface area (Å²) in [7, 11) is 0. The van der Waals surface area contributed by atoms with E-state index in [1.165, 1.54) is 30.6 Å². The van der Waals surface area contributed by atoms with Gasteiger partial charge in [0.1, 0.15) is 0 Å². The van der Waals surface area contributed by atoms with Crippen LogP contribution in [0.25, 0.3) is 0 Å². The van der Waals surface area contributed by atoms with Gasteiger partial charge in [0.15, 0.2) is 0 Å². The molecule has 2 aromatic heterocycles. The Hall–Kier alpha value is -0.810. The molecule has 1 fully saturated rings. The Balaban J connectivity index is 1.70. The van der Waals surface area contributed by atoms with Crippen LogP contribution in [0.3, 0.4) is 0 Å². The van der Waals surface area contributed by atoms with Gasteiger partial charge in [-0.3, -0.25) is 0 Å². The summed E-state index contributed by atoms with van der Waals surface area (Å²) in [4.78, 5) is 5.77. The van der Waals surface area contributed by atoms with Crippen molar-refractivity contribution in [3.05, 3.63) is 33.2 Å². The maximum atomic E-state index is 4.43. The van der Waals surface area contributed by atoms with Crippen molar-refractivity contribution in [3.8, 4) is 0 Å². The Morgan fingerprint density at radius 2 is 2.28 bits per heavy atom.